The molecule has 1 saturated heterocycles. The van der Waals surface area contributed by atoms with E-state index in [-0.39, 0.29) is 5.75 Å². The van der Waals surface area contributed by atoms with Crippen molar-refractivity contribution in [2.75, 3.05) is 19.3 Å². The molecule has 1 fully saturated rings. The van der Waals surface area contributed by atoms with E-state index in [0.717, 1.165) is 29.8 Å². The predicted octanol–water partition coefficient (Wildman–Crippen LogP) is 2.11. The third-order valence-electron chi connectivity index (χ3n) is 3.57. The molecule has 118 valence electrons. The average molecular weight is 329 g/mol. The first-order chi connectivity index (χ1) is 10.1. The van der Waals surface area contributed by atoms with Gasteiger partial charge in [-0.15, -0.1) is 0 Å². The van der Waals surface area contributed by atoms with Gasteiger partial charge in [0.1, 0.15) is 0 Å². The second-order valence-corrected chi connectivity index (χ2v) is 8.66. The van der Waals surface area contributed by atoms with Crippen molar-refractivity contribution in [1.82, 2.24) is 10.0 Å². The van der Waals surface area contributed by atoms with E-state index in [1.165, 1.54) is 12.8 Å². The van der Waals surface area contributed by atoms with Gasteiger partial charge in [-0.05, 0) is 36.8 Å². The first-order valence-corrected chi connectivity index (χ1v) is 10.1. The SMILES string of the molecule is CNCc1ccc(CS(=O)(=O)NCC2CCCCS2)cc1. The summed E-state index contributed by atoms with van der Waals surface area (Å²) < 4.78 is 27.0. The van der Waals surface area contributed by atoms with Gasteiger partial charge in [0.2, 0.25) is 10.0 Å². The smallest absolute Gasteiger partial charge is 0.215 e. The largest absolute Gasteiger partial charge is 0.316 e. The number of hydrogen-bond donors (Lipinski definition) is 2. The van der Waals surface area contributed by atoms with E-state index in [4.69, 9.17) is 0 Å². The molecule has 0 aliphatic carbocycles. The average Bonchev–Trinajstić information content (AvgIpc) is 2.48. The summed E-state index contributed by atoms with van der Waals surface area (Å²) in [7, 11) is -1.34. The maximum Gasteiger partial charge on any atom is 0.215 e. The van der Waals surface area contributed by atoms with Gasteiger partial charge in [0.05, 0.1) is 5.75 Å². The van der Waals surface area contributed by atoms with E-state index < -0.39 is 10.0 Å². The maximum absolute atomic E-state index is 12.1. The first kappa shape index (κ1) is 16.8. The zero-order chi connectivity index (χ0) is 15.1. The summed E-state index contributed by atoms with van der Waals surface area (Å²) in [5.41, 5.74) is 1.99. The van der Waals surface area contributed by atoms with E-state index >= 15 is 0 Å². The molecule has 6 heteroatoms. The van der Waals surface area contributed by atoms with Gasteiger partial charge in [-0.1, -0.05) is 30.7 Å². The predicted molar refractivity (Wildman–Crippen MR) is 89.9 cm³/mol. The van der Waals surface area contributed by atoms with E-state index in [9.17, 15) is 8.42 Å². The topological polar surface area (TPSA) is 58.2 Å². The molecule has 1 aromatic rings. The molecule has 0 bridgehead atoms. The van der Waals surface area contributed by atoms with Gasteiger partial charge in [0.25, 0.3) is 0 Å². The number of rotatable bonds is 7. The Morgan fingerprint density at radius 1 is 1.19 bits per heavy atom. The van der Waals surface area contributed by atoms with E-state index in [0.29, 0.717) is 11.8 Å². The van der Waals surface area contributed by atoms with Gasteiger partial charge >= 0.3 is 0 Å². The van der Waals surface area contributed by atoms with Crippen LogP contribution in [0.5, 0.6) is 0 Å². The van der Waals surface area contributed by atoms with E-state index in [2.05, 4.69) is 10.0 Å². The quantitative estimate of drug-likeness (QED) is 0.805. The van der Waals surface area contributed by atoms with Crippen LogP contribution in [-0.2, 0) is 22.3 Å². The third kappa shape index (κ3) is 5.98. The highest BCUT2D eigenvalue weighted by Gasteiger charge is 2.17. The van der Waals surface area contributed by atoms with Crippen LogP contribution in [0.4, 0.5) is 0 Å². The van der Waals surface area contributed by atoms with Gasteiger partial charge < -0.3 is 5.32 Å². The molecule has 0 amide bonds. The lowest BCUT2D eigenvalue weighted by atomic mass is 10.1. The zero-order valence-electron chi connectivity index (χ0n) is 12.5. The molecule has 4 nitrogen and oxygen atoms in total. The lowest BCUT2D eigenvalue weighted by Crippen LogP contribution is -2.32. The number of sulfonamides is 1. The fourth-order valence-corrected chi connectivity index (χ4v) is 4.95. The Labute approximate surface area is 132 Å². The van der Waals surface area contributed by atoms with Crippen LogP contribution in [0.25, 0.3) is 0 Å². The van der Waals surface area contributed by atoms with E-state index in [1.54, 1.807) is 0 Å². The molecule has 0 radical (unpaired) electrons. The number of thioether (sulfide) groups is 1. The van der Waals surface area contributed by atoms with Crippen molar-refractivity contribution in [2.24, 2.45) is 0 Å². The molecule has 1 atom stereocenters. The van der Waals surface area contributed by atoms with Crippen LogP contribution < -0.4 is 10.0 Å². The van der Waals surface area contributed by atoms with Crippen LogP contribution in [0, 0.1) is 0 Å². The molecular formula is C15H24N2O2S2. The minimum Gasteiger partial charge on any atom is -0.316 e. The molecule has 1 unspecified atom stereocenters. The standard InChI is InChI=1S/C15H24N2O2S2/c1-16-10-13-5-7-14(8-6-13)12-21(18,19)17-11-15-4-2-3-9-20-15/h5-8,15-17H,2-4,9-12H2,1H3. The Morgan fingerprint density at radius 3 is 2.52 bits per heavy atom. The molecule has 2 rings (SSSR count). The Hall–Kier alpha value is -0.560. The molecule has 1 heterocycles. The third-order valence-corrected chi connectivity index (χ3v) is 6.28. The van der Waals surface area contributed by atoms with Crippen molar-refractivity contribution in [2.45, 2.75) is 36.8 Å². The van der Waals surface area contributed by atoms with Crippen LogP contribution in [0.3, 0.4) is 0 Å². The normalized spacial score (nSPS) is 19.6. The summed E-state index contributed by atoms with van der Waals surface area (Å²) in [5, 5.41) is 3.51. The molecule has 0 saturated carbocycles. The van der Waals surface area contributed by atoms with Crippen molar-refractivity contribution in [3.63, 3.8) is 0 Å². The Balaban J connectivity index is 1.84. The minimum atomic E-state index is -3.24. The highest BCUT2D eigenvalue weighted by Crippen LogP contribution is 2.24. The van der Waals surface area contributed by atoms with Crippen LogP contribution in [0.2, 0.25) is 0 Å². The van der Waals surface area contributed by atoms with Crippen molar-refractivity contribution in [3.8, 4) is 0 Å². The number of nitrogens with one attached hydrogen (secondary N) is 2. The van der Waals surface area contributed by atoms with Gasteiger partial charge in [-0.3, -0.25) is 0 Å². The van der Waals surface area contributed by atoms with Gasteiger partial charge in [-0.25, -0.2) is 13.1 Å². The van der Waals surface area contributed by atoms with Crippen LogP contribution in [-0.4, -0.2) is 33.0 Å². The lowest BCUT2D eigenvalue weighted by Gasteiger charge is -2.21. The number of benzene rings is 1. The fourth-order valence-electron chi connectivity index (χ4n) is 2.42. The zero-order valence-corrected chi connectivity index (χ0v) is 14.1. The Bertz CT molecular complexity index is 523. The fraction of sp³-hybridized carbons (Fsp3) is 0.600. The lowest BCUT2D eigenvalue weighted by molar-refractivity contribution is 0.573. The molecule has 1 aliphatic heterocycles. The second kappa shape index (κ2) is 8.17. The van der Waals surface area contributed by atoms with Gasteiger partial charge in [-0.2, -0.15) is 11.8 Å². The summed E-state index contributed by atoms with van der Waals surface area (Å²) in [4.78, 5) is 0. The molecule has 21 heavy (non-hydrogen) atoms. The highest BCUT2D eigenvalue weighted by atomic mass is 32.2. The molecule has 0 aromatic heterocycles. The minimum absolute atomic E-state index is 0.0597. The van der Waals surface area contributed by atoms with Crippen molar-refractivity contribution >= 4 is 21.8 Å². The highest BCUT2D eigenvalue weighted by molar-refractivity contribution is 8.00. The summed E-state index contributed by atoms with van der Waals surface area (Å²) >= 11 is 1.88. The monoisotopic (exact) mass is 328 g/mol. The number of hydrogen-bond acceptors (Lipinski definition) is 4. The van der Waals surface area contributed by atoms with Crippen molar-refractivity contribution < 1.29 is 8.42 Å². The van der Waals surface area contributed by atoms with Crippen LogP contribution >= 0.6 is 11.8 Å². The molecule has 0 spiro atoms. The molecule has 1 aliphatic rings. The van der Waals surface area contributed by atoms with Crippen molar-refractivity contribution in [1.29, 1.82) is 0 Å². The van der Waals surface area contributed by atoms with Crippen LogP contribution in [0.1, 0.15) is 30.4 Å². The molecule has 2 N–H and O–H groups in total. The summed E-state index contributed by atoms with van der Waals surface area (Å²) in [5.74, 6) is 1.21. The second-order valence-electron chi connectivity index (χ2n) is 5.44. The van der Waals surface area contributed by atoms with Gasteiger partial charge in [0.15, 0.2) is 0 Å². The van der Waals surface area contributed by atoms with Crippen molar-refractivity contribution in [3.05, 3.63) is 35.4 Å². The van der Waals surface area contributed by atoms with Gasteiger partial charge in [0, 0.05) is 18.3 Å². The summed E-state index contributed by atoms with van der Waals surface area (Å²) in [6.07, 6.45) is 3.59. The molecular weight excluding hydrogens is 304 g/mol. The Kier molecular flexibility index (Phi) is 6.54. The summed E-state index contributed by atoms with van der Waals surface area (Å²) in [6.45, 7) is 1.36. The van der Waals surface area contributed by atoms with E-state index in [1.807, 2.05) is 43.1 Å². The Morgan fingerprint density at radius 2 is 1.90 bits per heavy atom. The molecule has 1 aromatic carbocycles. The maximum atomic E-state index is 12.1. The summed E-state index contributed by atoms with van der Waals surface area (Å²) in [6, 6.07) is 7.72. The first-order valence-electron chi connectivity index (χ1n) is 7.40. The van der Waals surface area contributed by atoms with Crippen LogP contribution in [0.15, 0.2) is 24.3 Å².